The minimum absolute atomic E-state index is 0.0607. The summed E-state index contributed by atoms with van der Waals surface area (Å²) in [5.74, 6) is -0.569. The van der Waals surface area contributed by atoms with Crippen molar-refractivity contribution in [3.05, 3.63) is 147 Å². The molecule has 0 saturated carbocycles. The molecule has 1 unspecified atom stereocenters. The van der Waals surface area contributed by atoms with E-state index in [-0.39, 0.29) is 44.0 Å². The molecule has 0 aliphatic carbocycles. The van der Waals surface area contributed by atoms with E-state index in [4.69, 9.17) is 37.3 Å². The predicted molar refractivity (Wildman–Crippen MR) is 168 cm³/mol. The zero-order valence-electron chi connectivity index (χ0n) is 23.2. The molecule has 1 aliphatic rings. The van der Waals surface area contributed by atoms with Crippen LogP contribution < -0.4 is 14.9 Å². The number of fused-ring (bicyclic) bond motifs is 1. The van der Waals surface area contributed by atoms with Crippen molar-refractivity contribution in [1.82, 2.24) is 4.57 Å². The Bertz CT molecular complexity index is 2190. The summed E-state index contributed by atoms with van der Waals surface area (Å²) >= 11 is 13.5. The van der Waals surface area contributed by atoms with Crippen LogP contribution in [0.4, 0.5) is 10.1 Å². The van der Waals surface area contributed by atoms with Gasteiger partial charge in [-0.2, -0.15) is 0 Å². The Kier molecular flexibility index (Phi) is 8.24. The largest absolute Gasteiger partial charge is 0.463 e. The molecule has 3 aromatic carbocycles. The standard InChI is InChI=1S/C32H20Cl2FN3O6S/c1-2-43-31(40)27-28(17-6-4-3-5-7-17)36-32-37(29(27)18-8-10-19(35)11-9-18)30(39)26(45-32)14-20-12-13-25(44-20)21-15-23(34)24(38(41)42)16-22(21)33/h3-16,29H,2H2,1H3/b26-14+. The highest BCUT2D eigenvalue weighted by atomic mass is 35.5. The highest BCUT2D eigenvalue weighted by Crippen LogP contribution is 2.38. The lowest BCUT2D eigenvalue weighted by Crippen LogP contribution is -2.40. The summed E-state index contributed by atoms with van der Waals surface area (Å²) in [6, 6.07) is 19.3. The number of halogens is 3. The molecule has 1 atom stereocenters. The maximum atomic E-state index is 14.0. The topological polar surface area (TPSA) is 117 Å². The number of benzene rings is 3. The number of furan rings is 1. The van der Waals surface area contributed by atoms with Crippen LogP contribution in [-0.4, -0.2) is 22.1 Å². The number of esters is 1. The summed E-state index contributed by atoms with van der Waals surface area (Å²) in [5, 5.41) is 11.2. The molecule has 0 radical (unpaired) electrons. The van der Waals surface area contributed by atoms with Gasteiger partial charge in [0.05, 0.1) is 38.4 Å². The fourth-order valence-electron chi connectivity index (χ4n) is 4.97. The van der Waals surface area contributed by atoms with E-state index < -0.39 is 28.3 Å². The van der Waals surface area contributed by atoms with Crippen molar-refractivity contribution >= 4 is 58.0 Å². The zero-order valence-corrected chi connectivity index (χ0v) is 25.5. The molecule has 0 spiro atoms. The highest BCUT2D eigenvalue weighted by molar-refractivity contribution is 7.07. The van der Waals surface area contributed by atoms with Crippen molar-refractivity contribution in [3.63, 3.8) is 0 Å². The van der Waals surface area contributed by atoms with Gasteiger partial charge in [0.1, 0.15) is 22.4 Å². The van der Waals surface area contributed by atoms with Gasteiger partial charge >= 0.3 is 5.97 Å². The molecule has 0 amide bonds. The SMILES string of the molecule is CCOC(=O)C1=C(c2ccccc2)N=c2s/c(=C/c3ccc(-c4cc(Cl)c([N+](=O)[O-])cc4Cl)o3)c(=O)n2C1c1ccc(F)cc1. The quantitative estimate of drug-likeness (QED) is 0.111. The van der Waals surface area contributed by atoms with E-state index >= 15 is 0 Å². The van der Waals surface area contributed by atoms with Crippen LogP contribution in [0.2, 0.25) is 10.0 Å². The number of carbonyl (C=O) groups is 1. The number of aromatic nitrogens is 1. The van der Waals surface area contributed by atoms with Gasteiger partial charge in [0.25, 0.3) is 11.2 Å². The molecule has 5 aromatic rings. The first kappa shape index (κ1) is 30.2. The van der Waals surface area contributed by atoms with Gasteiger partial charge in [0.2, 0.25) is 0 Å². The Morgan fingerprint density at radius 1 is 1.11 bits per heavy atom. The minimum Gasteiger partial charge on any atom is -0.463 e. The highest BCUT2D eigenvalue weighted by Gasteiger charge is 2.35. The second-order valence-electron chi connectivity index (χ2n) is 9.73. The Labute approximate surface area is 267 Å². The number of hydrogen-bond donors (Lipinski definition) is 0. The summed E-state index contributed by atoms with van der Waals surface area (Å²) in [4.78, 5) is 43.1. The van der Waals surface area contributed by atoms with E-state index in [9.17, 15) is 24.1 Å². The van der Waals surface area contributed by atoms with Crippen LogP contribution >= 0.6 is 34.5 Å². The van der Waals surface area contributed by atoms with Crippen LogP contribution in [0.1, 0.15) is 29.9 Å². The first-order valence-corrected chi connectivity index (χ1v) is 15.0. The van der Waals surface area contributed by atoms with Gasteiger partial charge in [0.15, 0.2) is 4.80 Å². The fraction of sp³-hybridized carbons (Fsp3) is 0.0938. The molecule has 3 heterocycles. The van der Waals surface area contributed by atoms with Crippen molar-refractivity contribution in [2.24, 2.45) is 4.99 Å². The first-order valence-electron chi connectivity index (χ1n) is 13.4. The van der Waals surface area contributed by atoms with E-state index in [1.807, 2.05) is 18.2 Å². The van der Waals surface area contributed by atoms with E-state index in [0.717, 1.165) is 17.4 Å². The Hall–Kier alpha value is -4.84. The van der Waals surface area contributed by atoms with Gasteiger partial charge in [-0.3, -0.25) is 19.5 Å². The van der Waals surface area contributed by atoms with Gasteiger partial charge in [-0.25, -0.2) is 14.2 Å². The van der Waals surface area contributed by atoms with E-state index in [1.54, 1.807) is 31.2 Å². The van der Waals surface area contributed by atoms with Crippen LogP contribution in [0, 0.1) is 15.9 Å². The summed E-state index contributed by atoms with van der Waals surface area (Å²) < 4.78 is 27.0. The third-order valence-corrected chi connectivity index (χ3v) is 8.56. The molecular weight excluding hydrogens is 644 g/mol. The average molecular weight is 664 g/mol. The van der Waals surface area contributed by atoms with Crippen LogP contribution in [0.5, 0.6) is 0 Å². The lowest BCUT2D eigenvalue weighted by Gasteiger charge is -2.25. The van der Waals surface area contributed by atoms with Crippen molar-refractivity contribution in [3.8, 4) is 11.3 Å². The normalized spacial score (nSPS) is 14.7. The number of hydrogen-bond acceptors (Lipinski definition) is 8. The molecule has 1 aliphatic heterocycles. The lowest BCUT2D eigenvalue weighted by atomic mass is 9.93. The molecule has 13 heteroatoms. The van der Waals surface area contributed by atoms with Crippen molar-refractivity contribution in [2.45, 2.75) is 13.0 Å². The van der Waals surface area contributed by atoms with Crippen molar-refractivity contribution < 1.29 is 23.3 Å². The number of carbonyl (C=O) groups excluding carboxylic acids is 1. The number of nitrogens with zero attached hydrogens (tertiary/aromatic N) is 3. The average Bonchev–Trinajstić information content (AvgIpc) is 3.62. The summed E-state index contributed by atoms with van der Waals surface area (Å²) in [6.45, 7) is 1.77. The summed E-state index contributed by atoms with van der Waals surface area (Å²) in [6.07, 6.45) is 1.52. The monoisotopic (exact) mass is 663 g/mol. The maximum absolute atomic E-state index is 14.0. The number of ether oxygens (including phenoxy) is 1. The van der Waals surface area contributed by atoms with Gasteiger partial charge in [-0.1, -0.05) is 77.0 Å². The van der Waals surface area contributed by atoms with Gasteiger partial charge in [-0.15, -0.1) is 0 Å². The second kappa shape index (κ2) is 12.3. The smallest absolute Gasteiger partial charge is 0.338 e. The summed E-state index contributed by atoms with van der Waals surface area (Å²) in [5.41, 5.74) is 1.12. The molecule has 226 valence electrons. The third kappa shape index (κ3) is 5.73. The van der Waals surface area contributed by atoms with Crippen LogP contribution in [0.3, 0.4) is 0 Å². The van der Waals surface area contributed by atoms with E-state index in [1.165, 1.54) is 41.0 Å². The molecule has 0 fully saturated rings. The molecule has 9 nitrogen and oxygen atoms in total. The van der Waals surface area contributed by atoms with Crippen LogP contribution in [0.15, 0.2) is 98.6 Å². The second-order valence-corrected chi connectivity index (χ2v) is 11.5. The van der Waals surface area contributed by atoms with Crippen LogP contribution in [-0.2, 0) is 9.53 Å². The van der Waals surface area contributed by atoms with Gasteiger partial charge < -0.3 is 9.15 Å². The minimum atomic E-state index is -0.966. The number of thiazole rings is 1. The molecule has 2 aromatic heterocycles. The van der Waals surface area contributed by atoms with Crippen LogP contribution in [0.25, 0.3) is 23.1 Å². The molecule has 6 rings (SSSR count). The molecular formula is C32H20Cl2FN3O6S. The van der Waals surface area contributed by atoms with Crippen molar-refractivity contribution in [2.75, 3.05) is 6.61 Å². The first-order chi connectivity index (χ1) is 21.7. The Balaban J connectivity index is 1.53. The molecule has 0 bridgehead atoms. The lowest BCUT2D eigenvalue weighted by molar-refractivity contribution is -0.384. The fourth-order valence-corrected chi connectivity index (χ4v) is 6.44. The Morgan fingerprint density at radius 3 is 2.53 bits per heavy atom. The number of rotatable bonds is 7. The predicted octanol–water partition coefficient (Wildman–Crippen LogP) is 6.55. The molecule has 0 saturated heterocycles. The molecule has 0 N–H and O–H groups in total. The summed E-state index contributed by atoms with van der Waals surface area (Å²) in [7, 11) is 0. The Morgan fingerprint density at radius 2 is 1.84 bits per heavy atom. The van der Waals surface area contributed by atoms with Gasteiger partial charge in [-0.05, 0) is 42.8 Å². The van der Waals surface area contributed by atoms with Crippen molar-refractivity contribution in [1.29, 1.82) is 0 Å². The number of nitro groups is 1. The number of nitro benzene ring substituents is 1. The van der Waals surface area contributed by atoms with E-state index in [0.29, 0.717) is 27.2 Å². The maximum Gasteiger partial charge on any atom is 0.338 e. The zero-order chi connectivity index (χ0) is 31.8. The van der Waals surface area contributed by atoms with E-state index in [2.05, 4.69) is 0 Å². The molecule has 45 heavy (non-hydrogen) atoms. The third-order valence-electron chi connectivity index (χ3n) is 6.96. The van der Waals surface area contributed by atoms with Gasteiger partial charge in [0, 0.05) is 23.3 Å².